The van der Waals surface area contributed by atoms with Gasteiger partial charge in [0, 0.05) is 30.7 Å². The second kappa shape index (κ2) is 7.01. The Labute approximate surface area is 149 Å². The summed E-state index contributed by atoms with van der Waals surface area (Å²) in [6.45, 7) is 2.17. The van der Waals surface area contributed by atoms with Crippen LogP contribution in [0.4, 0.5) is 0 Å². The summed E-state index contributed by atoms with van der Waals surface area (Å²) in [7, 11) is 0. The summed E-state index contributed by atoms with van der Waals surface area (Å²) in [6.07, 6.45) is 5.34. The van der Waals surface area contributed by atoms with Gasteiger partial charge in [-0.05, 0) is 60.9 Å². The van der Waals surface area contributed by atoms with Crippen LogP contribution in [-0.4, -0.2) is 25.7 Å². The van der Waals surface area contributed by atoms with Crippen LogP contribution in [0.25, 0.3) is 0 Å². The van der Waals surface area contributed by atoms with Crippen LogP contribution in [-0.2, 0) is 23.0 Å². The molecular weight excluding hydrogens is 310 g/mol. The Morgan fingerprint density at radius 3 is 2.56 bits per heavy atom. The van der Waals surface area contributed by atoms with Gasteiger partial charge in [-0.1, -0.05) is 36.4 Å². The van der Waals surface area contributed by atoms with Crippen LogP contribution >= 0.6 is 0 Å². The number of carbonyl (C=O) groups is 1. The highest BCUT2D eigenvalue weighted by atomic mass is 16.5. The van der Waals surface area contributed by atoms with Crippen molar-refractivity contribution in [3.63, 3.8) is 0 Å². The Morgan fingerprint density at radius 1 is 1.00 bits per heavy atom. The van der Waals surface area contributed by atoms with Crippen molar-refractivity contribution in [1.29, 1.82) is 0 Å². The number of rotatable bonds is 4. The van der Waals surface area contributed by atoms with Gasteiger partial charge >= 0.3 is 0 Å². The van der Waals surface area contributed by atoms with Gasteiger partial charge in [-0.15, -0.1) is 0 Å². The highest BCUT2D eigenvalue weighted by Crippen LogP contribution is 2.34. The van der Waals surface area contributed by atoms with E-state index < -0.39 is 0 Å². The molecule has 1 aliphatic carbocycles. The normalized spacial score (nSPS) is 18.6. The standard InChI is InChI=1S/C22H25NO2/c24-21(19-10-9-17-5-4-6-18(17)15-19)23-16-22(11-13-25-14-12-22)20-7-2-1-3-8-20/h1-3,7-10,15H,4-6,11-14,16H2,(H,23,24). The Morgan fingerprint density at radius 2 is 1.76 bits per heavy atom. The van der Waals surface area contributed by atoms with E-state index in [-0.39, 0.29) is 11.3 Å². The van der Waals surface area contributed by atoms with Gasteiger partial charge in [0.05, 0.1) is 0 Å². The van der Waals surface area contributed by atoms with E-state index in [0.29, 0.717) is 6.54 Å². The van der Waals surface area contributed by atoms with Gasteiger partial charge < -0.3 is 10.1 Å². The third kappa shape index (κ3) is 3.34. The summed E-state index contributed by atoms with van der Waals surface area (Å²) in [6, 6.07) is 16.7. The van der Waals surface area contributed by atoms with Gasteiger partial charge in [0.2, 0.25) is 0 Å². The molecule has 0 radical (unpaired) electrons. The Balaban J connectivity index is 1.50. The van der Waals surface area contributed by atoms with E-state index in [1.165, 1.54) is 23.1 Å². The summed E-state index contributed by atoms with van der Waals surface area (Å²) in [5.41, 5.74) is 4.81. The molecule has 1 fully saturated rings. The van der Waals surface area contributed by atoms with Crippen molar-refractivity contribution in [2.45, 2.75) is 37.5 Å². The lowest BCUT2D eigenvalue weighted by atomic mass is 9.74. The van der Waals surface area contributed by atoms with Gasteiger partial charge in [0.15, 0.2) is 0 Å². The SMILES string of the molecule is O=C(NCC1(c2ccccc2)CCOCC1)c1ccc2c(c1)CCC2. The summed E-state index contributed by atoms with van der Waals surface area (Å²) in [5.74, 6) is 0.0384. The van der Waals surface area contributed by atoms with Crippen molar-refractivity contribution >= 4 is 5.91 Å². The van der Waals surface area contributed by atoms with E-state index in [1.807, 2.05) is 12.1 Å². The van der Waals surface area contributed by atoms with E-state index in [1.54, 1.807) is 0 Å². The molecule has 0 spiro atoms. The van der Waals surface area contributed by atoms with Crippen molar-refractivity contribution in [2.75, 3.05) is 19.8 Å². The van der Waals surface area contributed by atoms with Crippen molar-refractivity contribution in [3.05, 3.63) is 70.8 Å². The van der Waals surface area contributed by atoms with Crippen LogP contribution in [0.1, 0.15) is 46.3 Å². The maximum Gasteiger partial charge on any atom is 0.251 e. The first-order chi connectivity index (χ1) is 12.3. The molecule has 1 saturated heterocycles. The monoisotopic (exact) mass is 335 g/mol. The summed E-state index contributed by atoms with van der Waals surface area (Å²) >= 11 is 0. The lowest BCUT2D eigenvalue weighted by Crippen LogP contribution is -2.44. The zero-order valence-electron chi connectivity index (χ0n) is 14.6. The van der Waals surface area contributed by atoms with Crippen LogP contribution in [0.5, 0.6) is 0 Å². The fraction of sp³-hybridized carbons (Fsp3) is 0.409. The molecule has 0 atom stereocenters. The third-order valence-corrected chi connectivity index (χ3v) is 5.78. The van der Waals surface area contributed by atoms with Gasteiger partial charge in [0.1, 0.15) is 0 Å². The molecule has 2 aliphatic rings. The summed E-state index contributed by atoms with van der Waals surface area (Å²) < 4.78 is 5.58. The molecule has 1 aliphatic heterocycles. The van der Waals surface area contributed by atoms with Crippen LogP contribution in [0.15, 0.2) is 48.5 Å². The summed E-state index contributed by atoms with van der Waals surface area (Å²) in [4.78, 5) is 12.7. The second-order valence-electron chi connectivity index (χ2n) is 7.28. The lowest BCUT2D eigenvalue weighted by molar-refractivity contribution is 0.0487. The maximum absolute atomic E-state index is 12.7. The average Bonchev–Trinajstić information content (AvgIpc) is 3.15. The van der Waals surface area contributed by atoms with Crippen LogP contribution in [0.2, 0.25) is 0 Å². The zero-order chi connectivity index (χ0) is 17.1. The minimum absolute atomic E-state index is 0.0219. The molecule has 3 nitrogen and oxygen atoms in total. The molecule has 2 aromatic carbocycles. The van der Waals surface area contributed by atoms with Crippen LogP contribution in [0.3, 0.4) is 0 Å². The number of benzene rings is 2. The Kier molecular flexibility index (Phi) is 4.58. The maximum atomic E-state index is 12.7. The molecule has 1 N–H and O–H groups in total. The van der Waals surface area contributed by atoms with Crippen molar-refractivity contribution < 1.29 is 9.53 Å². The molecule has 1 heterocycles. The molecule has 130 valence electrons. The molecule has 0 unspecified atom stereocenters. The molecule has 0 bridgehead atoms. The van der Waals surface area contributed by atoms with E-state index >= 15 is 0 Å². The highest BCUT2D eigenvalue weighted by Gasteiger charge is 2.34. The van der Waals surface area contributed by atoms with Crippen molar-refractivity contribution in [2.24, 2.45) is 0 Å². The van der Waals surface area contributed by atoms with E-state index in [9.17, 15) is 4.79 Å². The second-order valence-corrected chi connectivity index (χ2v) is 7.28. The van der Waals surface area contributed by atoms with Gasteiger partial charge in [-0.25, -0.2) is 0 Å². The largest absolute Gasteiger partial charge is 0.381 e. The van der Waals surface area contributed by atoms with Gasteiger partial charge in [-0.3, -0.25) is 4.79 Å². The number of carbonyl (C=O) groups excluding carboxylic acids is 1. The lowest BCUT2D eigenvalue weighted by Gasteiger charge is -2.38. The molecule has 1 amide bonds. The first-order valence-electron chi connectivity index (χ1n) is 9.30. The summed E-state index contributed by atoms with van der Waals surface area (Å²) in [5, 5.41) is 3.20. The number of aryl methyl sites for hydroxylation is 2. The number of fused-ring (bicyclic) bond motifs is 1. The molecule has 4 rings (SSSR count). The molecular formula is C22H25NO2. The Bertz CT molecular complexity index is 748. The van der Waals surface area contributed by atoms with E-state index in [0.717, 1.165) is 44.5 Å². The molecule has 0 saturated carbocycles. The van der Waals surface area contributed by atoms with Gasteiger partial charge in [0.25, 0.3) is 5.91 Å². The quantitative estimate of drug-likeness (QED) is 0.926. The highest BCUT2D eigenvalue weighted by molar-refractivity contribution is 5.94. The predicted octanol–water partition coefficient (Wildman–Crippen LogP) is 3.65. The number of hydrogen-bond acceptors (Lipinski definition) is 2. The molecule has 3 heteroatoms. The predicted molar refractivity (Wildman–Crippen MR) is 99.0 cm³/mol. The van der Waals surface area contributed by atoms with E-state index in [4.69, 9.17) is 4.74 Å². The minimum atomic E-state index is -0.0219. The molecule has 0 aromatic heterocycles. The minimum Gasteiger partial charge on any atom is -0.381 e. The van der Waals surface area contributed by atoms with Crippen molar-refractivity contribution in [3.8, 4) is 0 Å². The van der Waals surface area contributed by atoms with Crippen LogP contribution < -0.4 is 5.32 Å². The topological polar surface area (TPSA) is 38.3 Å². The third-order valence-electron chi connectivity index (χ3n) is 5.78. The fourth-order valence-electron chi connectivity index (χ4n) is 4.19. The average molecular weight is 335 g/mol. The molecule has 2 aromatic rings. The number of ether oxygens (including phenoxy) is 1. The van der Waals surface area contributed by atoms with E-state index in [2.05, 4.69) is 41.7 Å². The Hall–Kier alpha value is -2.13. The zero-order valence-corrected chi connectivity index (χ0v) is 14.6. The molecule has 25 heavy (non-hydrogen) atoms. The first-order valence-corrected chi connectivity index (χ1v) is 9.30. The fourth-order valence-corrected chi connectivity index (χ4v) is 4.19. The van der Waals surface area contributed by atoms with Gasteiger partial charge in [-0.2, -0.15) is 0 Å². The first kappa shape index (κ1) is 16.3. The number of nitrogens with one attached hydrogen (secondary N) is 1. The van der Waals surface area contributed by atoms with Crippen LogP contribution in [0, 0.1) is 0 Å². The smallest absolute Gasteiger partial charge is 0.251 e. The number of amides is 1. The number of hydrogen-bond donors (Lipinski definition) is 1. The van der Waals surface area contributed by atoms with Crippen molar-refractivity contribution in [1.82, 2.24) is 5.32 Å².